The van der Waals surface area contributed by atoms with E-state index in [0.29, 0.717) is 17.3 Å². The van der Waals surface area contributed by atoms with Gasteiger partial charge in [0.25, 0.3) is 5.91 Å². The number of carbonyl (C=O) groups is 1. The molecule has 0 saturated carbocycles. The van der Waals surface area contributed by atoms with Crippen LogP contribution in [0.5, 0.6) is 5.75 Å². The van der Waals surface area contributed by atoms with Gasteiger partial charge in [-0.3, -0.25) is 4.79 Å². The van der Waals surface area contributed by atoms with Gasteiger partial charge in [0.15, 0.2) is 9.84 Å². The Morgan fingerprint density at radius 1 is 1.12 bits per heavy atom. The number of carbonyl (C=O) groups excluding carboxylic acids is 1. The number of likely N-dealkylation sites (N-methyl/N-ethyl adjacent to an activating group) is 1. The fourth-order valence-corrected chi connectivity index (χ4v) is 3.01. The molecule has 5 nitrogen and oxygen atoms in total. The number of hydrogen-bond donors (Lipinski definition) is 0. The zero-order valence-electron chi connectivity index (χ0n) is 13.7. The normalized spacial score (nSPS) is 11.2. The van der Waals surface area contributed by atoms with Gasteiger partial charge in [0, 0.05) is 18.3 Å². The number of amides is 1. The van der Waals surface area contributed by atoms with Crippen molar-refractivity contribution in [2.75, 3.05) is 26.5 Å². The fraction of sp³-hybridized carbons (Fsp3) is 0.235. The van der Waals surface area contributed by atoms with Crippen LogP contribution in [0.1, 0.15) is 10.4 Å². The molecule has 0 atom stereocenters. The minimum atomic E-state index is -3.42. The Labute approximate surface area is 157 Å². The number of ether oxygens (including phenoxy) is 1. The molecule has 0 N–H and O–H groups in total. The molecule has 0 spiro atoms. The second kappa shape index (κ2) is 8.08. The van der Waals surface area contributed by atoms with Gasteiger partial charge in [0.05, 0.1) is 22.0 Å². The lowest BCUT2D eigenvalue weighted by molar-refractivity contribution is 0.0773. The van der Waals surface area contributed by atoms with E-state index in [1.54, 1.807) is 31.3 Å². The molecule has 0 fully saturated rings. The summed E-state index contributed by atoms with van der Waals surface area (Å²) in [5.74, 6) is 0.262. The first-order valence-electron chi connectivity index (χ1n) is 7.32. The second-order valence-electron chi connectivity index (χ2n) is 5.44. The molecule has 25 heavy (non-hydrogen) atoms. The fourth-order valence-electron chi connectivity index (χ4n) is 2.04. The quantitative estimate of drug-likeness (QED) is 0.742. The Kier molecular flexibility index (Phi) is 6.32. The lowest BCUT2D eigenvalue weighted by atomic mass is 10.2. The van der Waals surface area contributed by atoms with E-state index in [2.05, 4.69) is 0 Å². The lowest BCUT2D eigenvalue weighted by Crippen LogP contribution is -2.31. The van der Waals surface area contributed by atoms with E-state index in [1.807, 2.05) is 0 Å². The SMILES string of the molecule is CN(CCOc1ccc(Cl)cc1)C(=O)c1cc(S(C)(=O)=O)ccc1Cl. The van der Waals surface area contributed by atoms with Gasteiger partial charge in [0.1, 0.15) is 12.4 Å². The third-order valence-electron chi connectivity index (χ3n) is 3.45. The highest BCUT2D eigenvalue weighted by Gasteiger charge is 2.18. The van der Waals surface area contributed by atoms with Crippen molar-refractivity contribution in [2.45, 2.75) is 4.90 Å². The van der Waals surface area contributed by atoms with E-state index in [1.165, 1.54) is 23.1 Å². The summed E-state index contributed by atoms with van der Waals surface area (Å²) in [4.78, 5) is 14.0. The van der Waals surface area contributed by atoms with Crippen molar-refractivity contribution < 1.29 is 17.9 Å². The summed E-state index contributed by atoms with van der Waals surface area (Å²) in [7, 11) is -1.83. The summed E-state index contributed by atoms with van der Waals surface area (Å²) in [6.45, 7) is 0.578. The van der Waals surface area contributed by atoms with E-state index in [4.69, 9.17) is 27.9 Å². The lowest BCUT2D eigenvalue weighted by Gasteiger charge is -2.18. The maximum absolute atomic E-state index is 12.5. The van der Waals surface area contributed by atoms with Gasteiger partial charge in [-0.2, -0.15) is 0 Å². The topological polar surface area (TPSA) is 63.7 Å². The van der Waals surface area contributed by atoms with E-state index in [0.717, 1.165) is 6.26 Å². The van der Waals surface area contributed by atoms with Crippen LogP contribution in [0.25, 0.3) is 0 Å². The van der Waals surface area contributed by atoms with E-state index in [9.17, 15) is 13.2 Å². The van der Waals surface area contributed by atoms with Gasteiger partial charge >= 0.3 is 0 Å². The van der Waals surface area contributed by atoms with Gasteiger partial charge in [-0.15, -0.1) is 0 Å². The summed E-state index contributed by atoms with van der Waals surface area (Å²) in [6, 6.07) is 11.0. The predicted molar refractivity (Wildman–Crippen MR) is 98.5 cm³/mol. The Balaban J connectivity index is 2.03. The maximum Gasteiger partial charge on any atom is 0.255 e. The number of nitrogens with zero attached hydrogens (tertiary/aromatic N) is 1. The number of halogens is 2. The molecule has 0 heterocycles. The van der Waals surface area contributed by atoms with Crippen molar-refractivity contribution in [1.29, 1.82) is 0 Å². The zero-order valence-corrected chi connectivity index (χ0v) is 16.0. The molecule has 8 heteroatoms. The van der Waals surface area contributed by atoms with Gasteiger partial charge in [-0.1, -0.05) is 23.2 Å². The first-order chi connectivity index (χ1) is 11.7. The summed E-state index contributed by atoms with van der Waals surface area (Å²) in [5, 5.41) is 0.808. The van der Waals surface area contributed by atoms with Crippen molar-refractivity contribution >= 4 is 38.9 Å². The molecule has 2 aromatic rings. The molecular formula is C17H17Cl2NO4S. The smallest absolute Gasteiger partial charge is 0.255 e. The van der Waals surface area contributed by atoms with Crippen LogP contribution in [0.15, 0.2) is 47.4 Å². The average molecular weight is 402 g/mol. The maximum atomic E-state index is 12.5. The molecule has 0 aliphatic rings. The van der Waals surface area contributed by atoms with Crippen LogP contribution in [0.3, 0.4) is 0 Å². The molecule has 2 rings (SSSR count). The Bertz CT molecular complexity index is 867. The van der Waals surface area contributed by atoms with Crippen molar-refractivity contribution in [3.05, 3.63) is 58.1 Å². The summed E-state index contributed by atoms with van der Waals surface area (Å²) in [6.07, 6.45) is 1.08. The monoisotopic (exact) mass is 401 g/mol. The Hall–Kier alpha value is -1.76. The molecule has 0 aliphatic heterocycles. The van der Waals surface area contributed by atoms with Crippen molar-refractivity contribution in [3.8, 4) is 5.75 Å². The van der Waals surface area contributed by atoms with Crippen LogP contribution in [0.4, 0.5) is 0 Å². The average Bonchev–Trinajstić information content (AvgIpc) is 2.55. The number of sulfone groups is 1. The van der Waals surface area contributed by atoms with Crippen LogP contribution < -0.4 is 4.74 Å². The molecule has 0 radical (unpaired) electrons. The Morgan fingerprint density at radius 2 is 1.76 bits per heavy atom. The van der Waals surface area contributed by atoms with Crippen LogP contribution in [0, 0.1) is 0 Å². The van der Waals surface area contributed by atoms with Crippen LogP contribution in [-0.4, -0.2) is 45.7 Å². The van der Waals surface area contributed by atoms with Gasteiger partial charge in [-0.05, 0) is 42.5 Å². The molecule has 1 amide bonds. The minimum Gasteiger partial charge on any atom is -0.492 e. The molecule has 0 saturated heterocycles. The highest BCUT2D eigenvalue weighted by Crippen LogP contribution is 2.22. The van der Waals surface area contributed by atoms with Crippen LogP contribution in [-0.2, 0) is 9.84 Å². The van der Waals surface area contributed by atoms with Crippen molar-refractivity contribution in [1.82, 2.24) is 4.90 Å². The minimum absolute atomic E-state index is 0.0473. The predicted octanol–water partition coefficient (Wildman–Crippen LogP) is 3.55. The van der Waals surface area contributed by atoms with Crippen molar-refractivity contribution in [2.24, 2.45) is 0 Å². The van der Waals surface area contributed by atoms with Crippen LogP contribution >= 0.6 is 23.2 Å². The van der Waals surface area contributed by atoms with E-state index in [-0.39, 0.29) is 28.0 Å². The molecule has 2 aromatic carbocycles. The van der Waals surface area contributed by atoms with Crippen molar-refractivity contribution in [3.63, 3.8) is 0 Å². The highest BCUT2D eigenvalue weighted by molar-refractivity contribution is 7.90. The van der Waals surface area contributed by atoms with E-state index < -0.39 is 9.84 Å². The summed E-state index contributed by atoms with van der Waals surface area (Å²) < 4.78 is 28.8. The van der Waals surface area contributed by atoms with Gasteiger partial charge in [0.2, 0.25) is 0 Å². The second-order valence-corrected chi connectivity index (χ2v) is 8.30. The molecule has 0 aliphatic carbocycles. The zero-order chi connectivity index (χ0) is 18.6. The molecule has 134 valence electrons. The molecule has 0 bridgehead atoms. The summed E-state index contributed by atoms with van der Waals surface area (Å²) >= 11 is 11.8. The Morgan fingerprint density at radius 3 is 2.36 bits per heavy atom. The highest BCUT2D eigenvalue weighted by atomic mass is 35.5. The largest absolute Gasteiger partial charge is 0.492 e. The molecule has 0 unspecified atom stereocenters. The number of benzene rings is 2. The summed E-state index contributed by atoms with van der Waals surface area (Å²) in [5.41, 5.74) is 0.138. The van der Waals surface area contributed by atoms with Gasteiger partial charge in [-0.25, -0.2) is 8.42 Å². The van der Waals surface area contributed by atoms with Gasteiger partial charge < -0.3 is 9.64 Å². The first kappa shape index (κ1) is 19.6. The standard InChI is InChI=1S/C17H17Cl2NO4S/c1-20(9-10-24-13-5-3-12(18)4-6-13)17(21)15-11-14(25(2,22)23)7-8-16(15)19/h3-8,11H,9-10H2,1-2H3. The number of hydrogen-bond acceptors (Lipinski definition) is 4. The molecule has 0 aromatic heterocycles. The third-order valence-corrected chi connectivity index (χ3v) is 5.14. The first-order valence-corrected chi connectivity index (χ1v) is 9.96. The number of rotatable bonds is 6. The third kappa shape index (κ3) is 5.36. The van der Waals surface area contributed by atoms with E-state index >= 15 is 0 Å². The molecular weight excluding hydrogens is 385 g/mol. The van der Waals surface area contributed by atoms with Crippen LogP contribution in [0.2, 0.25) is 10.0 Å².